The van der Waals surface area contributed by atoms with Gasteiger partial charge in [0.05, 0.1) is 11.1 Å². The summed E-state index contributed by atoms with van der Waals surface area (Å²) in [6.07, 6.45) is 0. The summed E-state index contributed by atoms with van der Waals surface area (Å²) < 4.78 is 0. The lowest BCUT2D eigenvalue weighted by Gasteiger charge is -2.06. The Hall–Kier alpha value is -3.10. The van der Waals surface area contributed by atoms with E-state index in [0.717, 1.165) is 21.9 Å². The zero-order valence-corrected chi connectivity index (χ0v) is 10.7. The highest BCUT2D eigenvalue weighted by molar-refractivity contribution is 5.93. The van der Waals surface area contributed by atoms with Crippen molar-refractivity contribution >= 4 is 10.8 Å². The lowest BCUT2D eigenvalue weighted by molar-refractivity contribution is 1.45. The first kappa shape index (κ1) is 12.0. The van der Waals surface area contributed by atoms with E-state index in [9.17, 15) is 5.26 Å². The second kappa shape index (κ2) is 4.88. The molecule has 0 heterocycles. The molecule has 0 aromatic heterocycles. The summed E-state index contributed by atoms with van der Waals surface area (Å²) in [6, 6.07) is 23.8. The van der Waals surface area contributed by atoms with E-state index in [1.165, 1.54) is 0 Å². The molecule has 0 saturated carbocycles. The molecule has 0 aliphatic carbocycles. The molecular formula is C18H10N2. The number of hydrogen-bond acceptors (Lipinski definition) is 2. The van der Waals surface area contributed by atoms with Gasteiger partial charge in [0, 0.05) is 5.39 Å². The Morgan fingerprint density at radius 3 is 2.15 bits per heavy atom. The van der Waals surface area contributed by atoms with Gasteiger partial charge in [0.2, 0.25) is 0 Å². The number of nitriles is 2. The molecule has 0 N–H and O–H groups in total. The molecule has 0 radical (unpaired) electrons. The molecule has 0 aliphatic rings. The maximum Gasteiger partial charge on any atom is 0.101 e. The molecule has 20 heavy (non-hydrogen) atoms. The molecule has 0 fully saturated rings. The largest absolute Gasteiger partial charge is 0.192 e. The minimum Gasteiger partial charge on any atom is -0.192 e. The van der Waals surface area contributed by atoms with E-state index in [2.05, 4.69) is 12.1 Å². The van der Waals surface area contributed by atoms with Gasteiger partial charge in [-0.15, -0.1) is 0 Å². The number of fused-ring (bicyclic) bond motifs is 1. The van der Waals surface area contributed by atoms with Gasteiger partial charge in [-0.2, -0.15) is 10.5 Å². The minimum absolute atomic E-state index is 0.421. The maximum absolute atomic E-state index is 9.31. The van der Waals surface area contributed by atoms with E-state index in [1.54, 1.807) is 6.07 Å². The van der Waals surface area contributed by atoms with Crippen LogP contribution in [0.1, 0.15) is 11.1 Å². The molecule has 0 aliphatic heterocycles. The fourth-order valence-corrected chi connectivity index (χ4v) is 2.34. The van der Waals surface area contributed by atoms with Gasteiger partial charge in [-0.3, -0.25) is 0 Å². The molecule has 0 atom stereocenters. The molecule has 3 rings (SSSR count). The highest BCUT2D eigenvalue weighted by Gasteiger charge is 2.08. The van der Waals surface area contributed by atoms with E-state index < -0.39 is 0 Å². The Morgan fingerprint density at radius 1 is 0.700 bits per heavy atom. The fraction of sp³-hybridized carbons (Fsp3) is 0. The molecule has 2 nitrogen and oxygen atoms in total. The third-order valence-electron chi connectivity index (χ3n) is 3.36. The van der Waals surface area contributed by atoms with Gasteiger partial charge >= 0.3 is 0 Å². The molecule has 0 unspecified atom stereocenters. The summed E-state index contributed by atoms with van der Waals surface area (Å²) in [5, 5.41) is 20.2. The van der Waals surface area contributed by atoms with Crippen LogP contribution in [0.15, 0.2) is 60.7 Å². The van der Waals surface area contributed by atoms with Crippen molar-refractivity contribution in [3.63, 3.8) is 0 Å². The Kier molecular flexibility index (Phi) is 2.92. The molecule has 0 amide bonds. The highest BCUT2D eigenvalue weighted by atomic mass is 14.3. The van der Waals surface area contributed by atoms with Crippen LogP contribution < -0.4 is 0 Å². The van der Waals surface area contributed by atoms with E-state index in [4.69, 9.17) is 5.26 Å². The SMILES string of the molecule is N#Cc1ccc2ccc(-c3ccccc3)cc2c1C#N. The Bertz CT molecular complexity index is 866. The van der Waals surface area contributed by atoms with Crippen LogP contribution in [0.25, 0.3) is 21.9 Å². The van der Waals surface area contributed by atoms with Crippen LogP contribution in [0.2, 0.25) is 0 Å². The van der Waals surface area contributed by atoms with Crippen molar-refractivity contribution in [3.8, 4) is 23.3 Å². The molecule has 2 heteroatoms. The van der Waals surface area contributed by atoms with Gasteiger partial charge in [-0.05, 0) is 28.6 Å². The number of nitrogens with zero attached hydrogens (tertiary/aromatic N) is 2. The van der Waals surface area contributed by atoms with Crippen molar-refractivity contribution in [1.29, 1.82) is 10.5 Å². The first-order chi connectivity index (χ1) is 9.83. The maximum atomic E-state index is 9.31. The number of hydrogen-bond donors (Lipinski definition) is 0. The first-order valence-corrected chi connectivity index (χ1v) is 6.26. The summed E-state index contributed by atoms with van der Waals surface area (Å²) in [7, 11) is 0. The monoisotopic (exact) mass is 254 g/mol. The normalized spacial score (nSPS) is 9.90. The van der Waals surface area contributed by atoms with Crippen LogP contribution >= 0.6 is 0 Å². The van der Waals surface area contributed by atoms with Crippen LogP contribution in [0, 0.1) is 22.7 Å². The second-order valence-electron chi connectivity index (χ2n) is 4.51. The van der Waals surface area contributed by atoms with Gasteiger partial charge in [-0.25, -0.2) is 0 Å². The lowest BCUT2D eigenvalue weighted by Crippen LogP contribution is -1.87. The standard InChI is InChI=1S/C18H10N2/c19-11-16-9-7-14-6-8-15(10-17(14)18(16)12-20)13-4-2-1-3-5-13/h1-10H. The van der Waals surface area contributed by atoms with Crippen molar-refractivity contribution in [2.75, 3.05) is 0 Å². The highest BCUT2D eigenvalue weighted by Crippen LogP contribution is 2.27. The van der Waals surface area contributed by atoms with Gasteiger partial charge in [0.25, 0.3) is 0 Å². The smallest absolute Gasteiger partial charge is 0.101 e. The predicted octanol–water partition coefficient (Wildman–Crippen LogP) is 4.25. The van der Waals surface area contributed by atoms with E-state index >= 15 is 0 Å². The quantitative estimate of drug-likeness (QED) is 0.651. The molecule has 0 bridgehead atoms. The Labute approximate surface area is 117 Å². The summed E-state index contributed by atoms with van der Waals surface area (Å²) in [6.45, 7) is 0. The van der Waals surface area contributed by atoms with E-state index in [1.807, 2.05) is 54.6 Å². The molecule has 0 saturated heterocycles. The third kappa shape index (κ3) is 1.90. The van der Waals surface area contributed by atoms with Crippen LogP contribution in [-0.4, -0.2) is 0 Å². The molecular weight excluding hydrogens is 244 g/mol. The van der Waals surface area contributed by atoms with Crippen molar-refractivity contribution < 1.29 is 0 Å². The van der Waals surface area contributed by atoms with Gasteiger partial charge in [0.15, 0.2) is 0 Å². The fourth-order valence-electron chi connectivity index (χ4n) is 2.34. The molecule has 3 aromatic rings. The zero-order chi connectivity index (χ0) is 13.9. The van der Waals surface area contributed by atoms with Crippen LogP contribution in [0.5, 0.6) is 0 Å². The average Bonchev–Trinajstić information content (AvgIpc) is 2.54. The van der Waals surface area contributed by atoms with Crippen molar-refractivity contribution in [2.45, 2.75) is 0 Å². The van der Waals surface area contributed by atoms with Crippen LogP contribution in [0.3, 0.4) is 0 Å². The van der Waals surface area contributed by atoms with E-state index in [0.29, 0.717) is 11.1 Å². The average molecular weight is 254 g/mol. The van der Waals surface area contributed by atoms with Gasteiger partial charge in [-0.1, -0.05) is 48.5 Å². The summed E-state index contributed by atoms with van der Waals surface area (Å²) in [4.78, 5) is 0. The van der Waals surface area contributed by atoms with Crippen LogP contribution in [0.4, 0.5) is 0 Å². The van der Waals surface area contributed by atoms with Crippen molar-refractivity contribution in [2.24, 2.45) is 0 Å². The summed E-state index contributed by atoms with van der Waals surface area (Å²) >= 11 is 0. The molecule has 0 spiro atoms. The van der Waals surface area contributed by atoms with Gasteiger partial charge in [0.1, 0.15) is 12.1 Å². The van der Waals surface area contributed by atoms with Crippen LogP contribution in [-0.2, 0) is 0 Å². The lowest BCUT2D eigenvalue weighted by atomic mass is 9.96. The predicted molar refractivity (Wildman–Crippen MR) is 78.8 cm³/mol. The summed E-state index contributed by atoms with van der Waals surface area (Å²) in [5.41, 5.74) is 3.01. The molecule has 92 valence electrons. The number of benzene rings is 3. The van der Waals surface area contributed by atoms with E-state index in [-0.39, 0.29) is 0 Å². The second-order valence-corrected chi connectivity index (χ2v) is 4.51. The van der Waals surface area contributed by atoms with Gasteiger partial charge < -0.3 is 0 Å². The Morgan fingerprint density at radius 2 is 1.45 bits per heavy atom. The zero-order valence-electron chi connectivity index (χ0n) is 10.7. The van der Waals surface area contributed by atoms with Crippen molar-refractivity contribution in [1.82, 2.24) is 0 Å². The third-order valence-corrected chi connectivity index (χ3v) is 3.36. The number of rotatable bonds is 1. The Balaban J connectivity index is 2.31. The van der Waals surface area contributed by atoms with Crippen molar-refractivity contribution in [3.05, 3.63) is 71.8 Å². The minimum atomic E-state index is 0.421. The topological polar surface area (TPSA) is 47.6 Å². The first-order valence-electron chi connectivity index (χ1n) is 6.26. The summed E-state index contributed by atoms with van der Waals surface area (Å²) in [5.74, 6) is 0. The molecule has 3 aromatic carbocycles.